The maximum atomic E-state index is 5.91. The van der Waals surface area contributed by atoms with Gasteiger partial charge in [0.05, 0.1) is 0 Å². The van der Waals surface area contributed by atoms with Gasteiger partial charge in [-0.1, -0.05) is 45.0 Å². The summed E-state index contributed by atoms with van der Waals surface area (Å²) in [6.07, 6.45) is 4.47. The molecule has 1 aromatic carbocycles. The van der Waals surface area contributed by atoms with Crippen LogP contribution in [0.25, 0.3) is 6.08 Å². The van der Waals surface area contributed by atoms with Crippen LogP contribution in [0.3, 0.4) is 0 Å². The molecule has 0 N–H and O–H groups in total. The second kappa shape index (κ2) is 3.16. The van der Waals surface area contributed by atoms with Crippen LogP contribution in [-0.4, -0.2) is 6.10 Å². The highest BCUT2D eigenvalue weighted by Crippen LogP contribution is 2.32. The topological polar surface area (TPSA) is 9.23 Å². The zero-order valence-electron chi connectivity index (χ0n) is 8.95. The quantitative estimate of drug-likeness (QED) is 0.605. The van der Waals surface area contributed by atoms with Gasteiger partial charge in [0.1, 0.15) is 11.9 Å². The lowest BCUT2D eigenvalue weighted by atomic mass is 9.87. The van der Waals surface area contributed by atoms with Crippen LogP contribution in [0.15, 0.2) is 30.3 Å². The van der Waals surface area contributed by atoms with E-state index in [0.717, 1.165) is 5.75 Å². The van der Waals surface area contributed by atoms with Crippen LogP contribution in [0.1, 0.15) is 26.3 Å². The Labute approximate surface area is 85.4 Å². The molecule has 14 heavy (non-hydrogen) atoms. The SMILES string of the molecule is CC(C)(C)C1C=Cc2ccccc2O1. The smallest absolute Gasteiger partial charge is 0.127 e. The molecule has 1 aliphatic rings. The number of benzene rings is 1. The van der Waals surface area contributed by atoms with Crippen LogP contribution >= 0.6 is 0 Å². The standard InChI is InChI=1S/C13H16O/c1-13(2,3)12-9-8-10-6-4-5-7-11(10)14-12/h4-9,12H,1-3H3. The average Bonchev–Trinajstić information content (AvgIpc) is 2.16. The number of hydrogen-bond donors (Lipinski definition) is 0. The highest BCUT2D eigenvalue weighted by molar-refractivity contribution is 5.59. The molecule has 0 radical (unpaired) electrons. The average molecular weight is 188 g/mol. The number of rotatable bonds is 0. The monoisotopic (exact) mass is 188 g/mol. The van der Waals surface area contributed by atoms with Gasteiger partial charge in [-0.25, -0.2) is 0 Å². The number of fused-ring (bicyclic) bond motifs is 1. The molecule has 2 rings (SSSR count). The molecule has 0 spiro atoms. The van der Waals surface area contributed by atoms with Crippen molar-refractivity contribution >= 4 is 6.08 Å². The van der Waals surface area contributed by atoms with Crippen molar-refractivity contribution < 1.29 is 4.74 Å². The van der Waals surface area contributed by atoms with E-state index in [0.29, 0.717) is 0 Å². The van der Waals surface area contributed by atoms with Gasteiger partial charge in [0.2, 0.25) is 0 Å². The molecule has 1 unspecified atom stereocenters. The maximum absolute atomic E-state index is 5.91. The Morgan fingerprint density at radius 3 is 2.57 bits per heavy atom. The third-order valence-electron chi connectivity index (χ3n) is 2.48. The molecule has 1 heteroatoms. The van der Waals surface area contributed by atoms with E-state index < -0.39 is 0 Å². The van der Waals surface area contributed by atoms with E-state index >= 15 is 0 Å². The highest BCUT2D eigenvalue weighted by atomic mass is 16.5. The summed E-state index contributed by atoms with van der Waals surface area (Å²) in [7, 11) is 0. The lowest BCUT2D eigenvalue weighted by Crippen LogP contribution is -2.31. The fourth-order valence-corrected chi connectivity index (χ4v) is 1.56. The summed E-state index contributed by atoms with van der Waals surface area (Å²) in [5, 5.41) is 0. The summed E-state index contributed by atoms with van der Waals surface area (Å²) < 4.78 is 5.91. The normalized spacial score (nSPS) is 20.1. The van der Waals surface area contributed by atoms with E-state index in [4.69, 9.17) is 4.74 Å². The molecule has 1 heterocycles. The number of hydrogen-bond acceptors (Lipinski definition) is 1. The first-order chi connectivity index (χ1) is 6.57. The van der Waals surface area contributed by atoms with E-state index in [1.54, 1.807) is 0 Å². The van der Waals surface area contributed by atoms with Crippen LogP contribution in [0.4, 0.5) is 0 Å². The first kappa shape index (κ1) is 9.32. The summed E-state index contributed by atoms with van der Waals surface area (Å²) in [6.45, 7) is 6.57. The fourth-order valence-electron chi connectivity index (χ4n) is 1.56. The summed E-state index contributed by atoms with van der Waals surface area (Å²) >= 11 is 0. The van der Waals surface area contributed by atoms with E-state index in [2.05, 4.69) is 39.0 Å². The van der Waals surface area contributed by atoms with Crippen molar-refractivity contribution in [1.82, 2.24) is 0 Å². The first-order valence-corrected chi connectivity index (χ1v) is 5.01. The number of para-hydroxylation sites is 1. The van der Waals surface area contributed by atoms with Gasteiger partial charge in [-0.15, -0.1) is 0 Å². The predicted molar refractivity (Wildman–Crippen MR) is 59.3 cm³/mol. The summed E-state index contributed by atoms with van der Waals surface area (Å²) in [4.78, 5) is 0. The fraction of sp³-hybridized carbons (Fsp3) is 0.385. The van der Waals surface area contributed by atoms with Crippen molar-refractivity contribution in [3.8, 4) is 5.75 Å². The Bertz CT molecular complexity index is 358. The van der Waals surface area contributed by atoms with Crippen LogP contribution in [0.5, 0.6) is 5.75 Å². The van der Waals surface area contributed by atoms with E-state index in [1.165, 1.54) is 5.56 Å². The van der Waals surface area contributed by atoms with Crippen LogP contribution in [-0.2, 0) is 0 Å². The molecule has 0 saturated heterocycles. The second-order valence-corrected chi connectivity index (χ2v) is 4.80. The van der Waals surface area contributed by atoms with Crippen molar-refractivity contribution in [2.75, 3.05) is 0 Å². The molecule has 1 aliphatic heterocycles. The van der Waals surface area contributed by atoms with Crippen LogP contribution < -0.4 is 4.74 Å². The van der Waals surface area contributed by atoms with Gasteiger partial charge < -0.3 is 4.74 Å². The Kier molecular flexibility index (Phi) is 2.10. The van der Waals surface area contributed by atoms with E-state index in [1.807, 2.05) is 18.2 Å². The summed E-state index contributed by atoms with van der Waals surface area (Å²) in [5.74, 6) is 0.995. The minimum absolute atomic E-state index is 0.157. The molecule has 1 nitrogen and oxygen atoms in total. The molecule has 74 valence electrons. The lowest BCUT2D eigenvalue weighted by molar-refractivity contribution is 0.126. The molecule has 0 fully saturated rings. The summed E-state index contributed by atoms with van der Waals surface area (Å²) in [5.41, 5.74) is 1.33. The predicted octanol–water partition coefficient (Wildman–Crippen LogP) is 3.51. The molecular formula is C13H16O. The van der Waals surface area contributed by atoms with Gasteiger partial charge in [-0.05, 0) is 12.1 Å². The molecule has 0 aliphatic carbocycles. The van der Waals surface area contributed by atoms with E-state index in [-0.39, 0.29) is 11.5 Å². The Balaban J connectivity index is 2.30. The first-order valence-electron chi connectivity index (χ1n) is 5.01. The van der Waals surface area contributed by atoms with E-state index in [9.17, 15) is 0 Å². The Morgan fingerprint density at radius 2 is 1.86 bits per heavy atom. The van der Waals surface area contributed by atoms with Gasteiger partial charge in [0.15, 0.2) is 0 Å². The lowest BCUT2D eigenvalue weighted by Gasteiger charge is -2.31. The zero-order valence-corrected chi connectivity index (χ0v) is 8.95. The van der Waals surface area contributed by atoms with Crippen molar-refractivity contribution in [3.05, 3.63) is 35.9 Å². The van der Waals surface area contributed by atoms with Crippen LogP contribution in [0.2, 0.25) is 0 Å². The van der Waals surface area contributed by atoms with Gasteiger partial charge >= 0.3 is 0 Å². The molecule has 0 aromatic heterocycles. The minimum atomic E-state index is 0.157. The van der Waals surface area contributed by atoms with Gasteiger partial charge in [-0.3, -0.25) is 0 Å². The maximum Gasteiger partial charge on any atom is 0.127 e. The Morgan fingerprint density at radius 1 is 1.14 bits per heavy atom. The summed E-state index contributed by atoms with van der Waals surface area (Å²) in [6, 6.07) is 8.14. The molecule has 0 amide bonds. The zero-order chi connectivity index (χ0) is 10.2. The third-order valence-corrected chi connectivity index (χ3v) is 2.48. The molecular weight excluding hydrogens is 172 g/mol. The number of ether oxygens (including phenoxy) is 1. The van der Waals surface area contributed by atoms with Gasteiger partial charge in [0, 0.05) is 11.0 Å². The van der Waals surface area contributed by atoms with Crippen molar-refractivity contribution in [2.24, 2.45) is 5.41 Å². The minimum Gasteiger partial charge on any atom is -0.485 e. The third kappa shape index (κ3) is 1.67. The van der Waals surface area contributed by atoms with Crippen LogP contribution in [0, 0.1) is 5.41 Å². The molecule has 1 atom stereocenters. The van der Waals surface area contributed by atoms with Gasteiger partial charge in [0.25, 0.3) is 0 Å². The van der Waals surface area contributed by atoms with Crippen molar-refractivity contribution in [2.45, 2.75) is 26.9 Å². The second-order valence-electron chi connectivity index (χ2n) is 4.80. The Hall–Kier alpha value is -1.24. The highest BCUT2D eigenvalue weighted by Gasteiger charge is 2.26. The molecule has 0 bridgehead atoms. The van der Waals surface area contributed by atoms with Crippen molar-refractivity contribution in [3.63, 3.8) is 0 Å². The molecule has 1 aromatic rings. The van der Waals surface area contributed by atoms with Gasteiger partial charge in [-0.2, -0.15) is 0 Å². The largest absolute Gasteiger partial charge is 0.485 e. The van der Waals surface area contributed by atoms with Crippen molar-refractivity contribution in [1.29, 1.82) is 0 Å². The molecule has 0 saturated carbocycles.